The molecule has 1 aromatic carbocycles. The van der Waals surface area contributed by atoms with E-state index in [1.165, 1.54) is 12.1 Å². The molecule has 162 valence electrons. The van der Waals surface area contributed by atoms with E-state index < -0.39 is 6.61 Å². The van der Waals surface area contributed by atoms with Crippen molar-refractivity contribution in [3.8, 4) is 5.75 Å². The highest BCUT2D eigenvalue weighted by Crippen LogP contribution is 2.25. The SMILES string of the molecule is CCNC(=NCc1cc(Cl)ccc1OC(F)F)NCc1nccn1CC(C)C.I. The van der Waals surface area contributed by atoms with Crippen LogP contribution in [0, 0.1) is 5.92 Å². The molecule has 0 spiro atoms. The minimum Gasteiger partial charge on any atom is -0.434 e. The van der Waals surface area contributed by atoms with E-state index >= 15 is 0 Å². The van der Waals surface area contributed by atoms with E-state index in [1.54, 1.807) is 12.3 Å². The van der Waals surface area contributed by atoms with Crippen LogP contribution in [0.3, 0.4) is 0 Å². The van der Waals surface area contributed by atoms with E-state index in [0.29, 0.717) is 35.6 Å². The summed E-state index contributed by atoms with van der Waals surface area (Å²) in [6.07, 6.45) is 3.71. The van der Waals surface area contributed by atoms with Gasteiger partial charge in [0.2, 0.25) is 0 Å². The molecular formula is C19H27ClF2IN5O. The fraction of sp³-hybridized carbons (Fsp3) is 0.474. The van der Waals surface area contributed by atoms with Crippen LogP contribution in [0.2, 0.25) is 5.02 Å². The molecule has 0 saturated carbocycles. The van der Waals surface area contributed by atoms with E-state index in [9.17, 15) is 8.78 Å². The lowest BCUT2D eigenvalue weighted by molar-refractivity contribution is -0.0504. The van der Waals surface area contributed by atoms with Crippen LogP contribution in [-0.4, -0.2) is 28.7 Å². The van der Waals surface area contributed by atoms with Gasteiger partial charge in [0.25, 0.3) is 0 Å². The third kappa shape index (κ3) is 8.73. The van der Waals surface area contributed by atoms with Crippen LogP contribution in [0.5, 0.6) is 5.75 Å². The van der Waals surface area contributed by atoms with E-state index in [-0.39, 0.29) is 36.3 Å². The number of imidazole rings is 1. The number of rotatable bonds is 9. The normalized spacial score (nSPS) is 11.5. The highest BCUT2D eigenvalue weighted by Gasteiger charge is 2.11. The first-order valence-electron chi connectivity index (χ1n) is 9.14. The van der Waals surface area contributed by atoms with Gasteiger partial charge in [0.1, 0.15) is 11.6 Å². The van der Waals surface area contributed by atoms with E-state index in [0.717, 1.165) is 12.4 Å². The second-order valence-electron chi connectivity index (χ2n) is 6.57. The predicted octanol–water partition coefficient (Wildman–Crippen LogP) is 4.67. The molecule has 0 amide bonds. The maximum atomic E-state index is 12.6. The average Bonchev–Trinajstić information content (AvgIpc) is 3.05. The zero-order chi connectivity index (χ0) is 20.5. The van der Waals surface area contributed by atoms with Gasteiger partial charge in [0.15, 0.2) is 5.96 Å². The Kier molecular flexibility index (Phi) is 11.3. The van der Waals surface area contributed by atoms with Crippen molar-refractivity contribution >= 4 is 41.5 Å². The lowest BCUT2D eigenvalue weighted by atomic mass is 10.2. The first-order chi connectivity index (χ1) is 13.4. The maximum absolute atomic E-state index is 12.6. The van der Waals surface area contributed by atoms with Crippen LogP contribution < -0.4 is 15.4 Å². The molecule has 0 unspecified atom stereocenters. The number of alkyl halides is 2. The molecule has 0 atom stereocenters. The second kappa shape index (κ2) is 12.8. The summed E-state index contributed by atoms with van der Waals surface area (Å²) < 4.78 is 31.8. The first kappa shape index (κ1) is 25.4. The van der Waals surface area contributed by atoms with Gasteiger partial charge in [-0.05, 0) is 31.0 Å². The molecular weight excluding hydrogens is 515 g/mol. The van der Waals surface area contributed by atoms with Crippen molar-refractivity contribution in [3.05, 3.63) is 47.0 Å². The Morgan fingerprint density at radius 2 is 2.07 bits per heavy atom. The summed E-state index contributed by atoms with van der Waals surface area (Å²) in [5.41, 5.74) is 0.478. The van der Waals surface area contributed by atoms with Gasteiger partial charge in [-0.3, -0.25) is 0 Å². The Hall–Kier alpha value is -1.62. The van der Waals surface area contributed by atoms with Crippen LogP contribution in [0.1, 0.15) is 32.2 Å². The molecule has 0 radical (unpaired) electrons. The predicted molar refractivity (Wildman–Crippen MR) is 122 cm³/mol. The molecule has 2 rings (SSSR count). The largest absolute Gasteiger partial charge is 0.434 e. The Bertz CT molecular complexity index is 786. The molecule has 29 heavy (non-hydrogen) atoms. The minimum atomic E-state index is -2.91. The Morgan fingerprint density at radius 1 is 1.31 bits per heavy atom. The van der Waals surface area contributed by atoms with Crippen molar-refractivity contribution in [1.82, 2.24) is 20.2 Å². The zero-order valence-electron chi connectivity index (χ0n) is 16.7. The van der Waals surface area contributed by atoms with Crippen LogP contribution in [-0.2, 0) is 19.6 Å². The van der Waals surface area contributed by atoms with Crippen molar-refractivity contribution in [1.29, 1.82) is 0 Å². The molecule has 0 bridgehead atoms. The Morgan fingerprint density at radius 3 is 2.72 bits per heavy atom. The number of aliphatic imine (C=N–C) groups is 1. The number of nitrogens with zero attached hydrogens (tertiary/aromatic N) is 3. The van der Waals surface area contributed by atoms with E-state index in [1.807, 2.05) is 13.1 Å². The second-order valence-corrected chi connectivity index (χ2v) is 7.01. The number of nitrogens with one attached hydrogen (secondary N) is 2. The quantitative estimate of drug-likeness (QED) is 0.275. The standard InChI is InChI=1S/C19H26ClF2N5O.HI/c1-4-23-19(26-11-17-24-7-8-27(17)12-13(2)3)25-10-14-9-15(20)5-6-16(14)28-18(21)22;/h5-9,13,18H,4,10-12H2,1-3H3,(H2,23,25,26);1H. The molecule has 0 saturated heterocycles. The van der Waals surface area contributed by atoms with Crippen LogP contribution >= 0.6 is 35.6 Å². The van der Waals surface area contributed by atoms with Gasteiger partial charge in [0, 0.05) is 36.1 Å². The van der Waals surface area contributed by atoms with Gasteiger partial charge >= 0.3 is 6.61 Å². The summed E-state index contributed by atoms with van der Waals surface area (Å²) in [6, 6.07) is 4.49. The number of hydrogen-bond acceptors (Lipinski definition) is 3. The molecule has 6 nitrogen and oxygen atoms in total. The van der Waals surface area contributed by atoms with Crippen molar-refractivity contribution in [2.75, 3.05) is 6.54 Å². The maximum Gasteiger partial charge on any atom is 0.387 e. The van der Waals surface area contributed by atoms with Crippen LogP contribution in [0.4, 0.5) is 8.78 Å². The topological polar surface area (TPSA) is 63.5 Å². The van der Waals surface area contributed by atoms with Gasteiger partial charge in [-0.2, -0.15) is 8.78 Å². The molecule has 2 aromatic rings. The summed E-state index contributed by atoms with van der Waals surface area (Å²) in [6.45, 7) is 5.49. The summed E-state index contributed by atoms with van der Waals surface area (Å²) in [5, 5.41) is 6.78. The number of halogens is 4. The third-order valence-corrected chi connectivity index (χ3v) is 4.00. The minimum absolute atomic E-state index is 0. The molecule has 0 aliphatic rings. The molecule has 2 N–H and O–H groups in total. The van der Waals surface area contributed by atoms with Gasteiger partial charge in [0.05, 0.1) is 13.1 Å². The third-order valence-electron chi connectivity index (χ3n) is 3.77. The Balaban J connectivity index is 0.00000420. The van der Waals surface area contributed by atoms with Gasteiger partial charge < -0.3 is 19.9 Å². The van der Waals surface area contributed by atoms with E-state index in [4.69, 9.17) is 11.6 Å². The first-order valence-corrected chi connectivity index (χ1v) is 9.52. The number of aromatic nitrogens is 2. The van der Waals surface area contributed by atoms with Crippen molar-refractivity contribution in [2.45, 2.75) is 47.0 Å². The smallest absolute Gasteiger partial charge is 0.387 e. The summed E-state index contributed by atoms with van der Waals surface area (Å²) in [4.78, 5) is 8.83. The number of benzene rings is 1. The fourth-order valence-electron chi connectivity index (χ4n) is 2.62. The van der Waals surface area contributed by atoms with Gasteiger partial charge in [-0.1, -0.05) is 25.4 Å². The van der Waals surface area contributed by atoms with Crippen molar-refractivity contribution in [3.63, 3.8) is 0 Å². The monoisotopic (exact) mass is 541 g/mol. The highest BCUT2D eigenvalue weighted by atomic mass is 127. The highest BCUT2D eigenvalue weighted by molar-refractivity contribution is 14.0. The van der Waals surface area contributed by atoms with Crippen molar-refractivity contribution in [2.24, 2.45) is 10.9 Å². The number of ether oxygens (including phenoxy) is 1. The molecule has 0 aliphatic heterocycles. The molecule has 0 aliphatic carbocycles. The summed E-state index contributed by atoms with van der Waals surface area (Å²) in [7, 11) is 0. The van der Waals surface area contributed by atoms with Gasteiger partial charge in [-0.25, -0.2) is 9.98 Å². The van der Waals surface area contributed by atoms with Gasteiger partial charge in [-0.15, -0.1) is 24.0 Å². The lowest BCUT2D eigenvalue weighted by Gasteiger charge is -2.14. The zero-order valence-corrected chi connectivity index (χ0v) is 19.7. The molecule has 10 heteroatoms. The molecule has 1 aromatic heterocycles. The summed E-state index contributed by atoms with van der Waals surface area (Å²) in [5.74, 6) is 2.01. The number of guanidine groups is 1. The summed E-state index contributed by atoms with van der Waals surface area (Å²) >= 11 is 5.98. The molecule has 0 fully saturated rings. The number of hydrogen-bond donors (Lipinski definition) is 2. The van der Waals surface area contributed by atoms with E-state index in [2.05, 4.69) is 43.8 Å². The fourth-order valence-corrected chi connectivity index (χ4v) is 2.81. The van der Waals surface area contributed by atoms with Crippen LogP contribution in [0.15, 0.2) is 35.6 Å². The Labute approximate surface area is 192 Å². The lowest BCUT2D eigenvalue weighted by Crippen LogP contribution is -2.37. The van der Waals surface area contributed by atoms with Crippen molar-refractivity contribution < 1.29 is 13.5 Å². The average molecular weight is 542 g/mol. The van der Waals surface area contributed by atoms with Crippen LogP contribution in [0.25, 0.3) is 0 Å². The molecule has 1 heterocycles.